The molecule has 2 aromatic carbocycles. The summed E-state index contributed by atoms with van der Waals surface area (Å²) in [6.45, 7) is 2.24. The minimum Gasteiger partial charge on any atom is -0.399 e. The average Bonchev–Trinajstić information content (AvgIpc) is 2.87. The van der Waals surface area contributed by atoms with Crippen molar-refractivity contribution in [1.29, 1.82) is 0 Å². The van der Waals surface area contributed by atoms with Gasteiger partial charge in [0, 0.05) is 5.56 Å². The van der Waals surface area contributed by atoms with Gasteiger partial charge in [-0.1, -0.05) is 76.4 Å². The molecule has 1 fully saturated rings. The first-order valence-electron chi connectivity index (χ1n) is 13.9. The van der Waals surface area contributed by atoms with Gasteiger partial charge in [-0.25, -0.2) is 13.2 Å². The van der Waals surface area contributed by atoms with Gasteiger partial charge in [0.15, 0.2) is 11.6 Å². The number of hydrogen-bond donors (Lipinski definition) is 0. The third-order valence-corrected chi connectivity index (χ3v) is 8.15. The number of fused-ring (bicyclic) bond motifs is 1. The van der Waals surface area contributed by atoms with Crippen molar-refractivity contribution in [2.24, 2.45) is 11.8 Å². The van der Waals surface area contributed by atoms with E-state index < -0.39 is 29.6 Å². The van der Waals surface area contributed by atoms with E-state index in [2.05, 4.69) is 17.7 Å². The Bertz CT molecular complexity index is 1100. The Labute approximate surface area is 221 Å². The predicted molar refractivity (Wildman–Crippen MR) is 137 cm³/mol. The maximum Gasteiger partial charge on any atom is 0.573 e. The van der Waals surface area contributed by atoms with Crippen LogP contribution in [0.25, 0.3) is 11.1 Å². The van der Waals surface area contributed by atoms with Gasteiger partial charge in [-0.3, -0.25) is 0 Å². The van der Waals surface area contributed by atoms with Crippen LogP contribution in [0.2, 0.25) is 0 Å². The number of ether oxygens (including phenoxy) is 1. The quantitative estimate of drug-likeness (QED) is 0.166. The summed E-state index contributed by atoms with van der Waals surface area (Å²) >= 11 is 0. The molecule has 4 rings (SSSR count). The molecule has 208 valence electrons. The van der Waals surface area contributed by atoms with Crippen LogP contribution in [0.4, 0.5) is 26.3 Å². The molecule has 38 heavy (non-hydrogen) atoms. The van der Waals surface area contributed by atoms with Crippen LogP contribution >= 0.6 is 0 Å². The standard InChI is InChI=1S/C31H36F6O/c1-2-3-4-5-6-20-7-9-21(10-8-20)11-12-22-13-14-23-16-26(27(32)17-24(23)15-22)25-18-28(33)30(29(34)19-25)38-31(35,36)37/h13,16-21H,2-12,14-15H2,1H3. The topological polar surface area (TPSA) is 9.23 Å². The zero-order valence-corrected chi connectivity index (χ0v) is 21.9. The summed E-state index contributed by atoms with van der Waals surface area (Å²) in [5.74, 6) is -3.66. The summed E-state index contributed by atoms with van der Waals surface area (Å²) in [4.78, 5) is 0. The molecule has 0 saturated heterocycles. The Kier molecular flexibility index (Phi) is 9.48. The number of allylic oxidation sites excluding steroid dienone is 2. The van der Waals surface area contributed by atoms with Crippen molar-refractivity contribution < 1.29 is 31.1 Å². The predicted octanol–water partition coefficient (Wildman–Crippen LogP) is 10.3. The van der Waals surface area contributed by atoms with Crippen molar-refractivity contribution in [3.63, 3.8) is 0 Å². The summed E-state index contributed by atoms with van der Waals surface area (Å²) in [6, 6.07) is 4.26. The maximum absolute atomic E-state index is 15.0. The number of hydrogen-bond acceptors (Lipinski definition) is 1. The van der Waals surface area contributed by atoms with E-state index in [0.717, 1.165) is 35.8 Å². The normalized spacial score (nSPS) is 19.7. The molecular formula is C31H36F6O. The molecular weight excluding hydrogens is 502 g/mol. The second kappa shape index (κ2) is 12.6. The van der Waals surface area contributed by atoms with E-state index in [4.69, 9.17) is 0 Å². The Balaban J connectivity index is 1.34. The number of benzene rings is 2. The highest BCUT2D eigenvalue weighted by Gasteiger charge is 2.34. The summed E-state index contributed by atoms with van der Waals surface area (Å²) in [5, 5.41) is 0. The van der Waals surface area contributed by atoms with Crippen LogP contribution in [0, 0.1) is 29.3 Å². The fraction of sp³-hybridized carbons (Fsp3) is 0.548. The van der Waals surface area contributed by atoms with E-state index in [0.29, 0.717) is 25.0 Å². The molecule has 0 atom stereocenters. The molecule has 0 bridgehead atoms. The van der Waals surface area contributed by atoms with Crippen LogP contribution in [0.5, 0.6) is 5.75 Å². The van der Waals surface area contributed by atoms with Gasteiger partial charge < -0.3 is 4.74 Å². The minimum atomic E-state index is -5.24. The average molecular weight is 539 g/mol. The van der Waals surface area contributed by atoms with Crippen molar-refractivity contribution in [2.45, 2.75) is 96.8 Å². The summed E-state index contributed by atoms with van der Waals surface area (Å²) in [7, 11) is 0. The number of rotatable bonds is 10. The van der Waals surface area contributed by atoms with Crippen LogP contribution in [0.3, 0.4) is 0 Å². The van der Waals surface area contributed by atoms with Crippen LogP contribution in [0.15, 0.2) is 35.9 Å². The van der Waals surface area contributed by atoms with Gasteiger partial charge in [-0.2, -0.15) is 0 Å². The minimum absolute atomic E-state index is 0.0524. The van der Waals surface area contributed by atoms with Crippen molar-refractivity contribution in [1.82, 2.24) is 0 Å². The molecule has 0 amide bonds. The van der Waals surface area contributed by atoms with Crippen molar-refractivity contribution in [3.8, 4) is 16.9 Å². The van der Waals surface area contributed by atoms with Gasteiger partial charge in [-0.15, -0.1) is 13.2 Å². The first-order chi connectivity index (χ1) is 18.1. The first kappa shape index (κ1) is 28.6. The summed E-state index contributed by atoms with van der Waals surface area (Å²) in [5.41, 5.74) is 2.76. The fourth-order valence-electron chi connectivity index (χ4n) is 5.98. The second-order valence-corrected chi connectivity index (χ2v) is 10.9. The lowest BCUT2D eigenvalue weighted by atomic mass is 9.77. The summed E-state index contributed by atoms with van der Waals surface area (Å²) in [6.07, 6.45) is 12.2. The van der Waals surface area contributed by atoms with Gasteiger partial charge in [0.2, 0.25) is 5.75 Å². The number of unbranched alkanes of at least 4 members (excludes halogenated alkanes) is 3. The zero-order valence-electron chi connectivity index (χ0n) is 21.9. The van der Waals surface area contributed by atoms with Gasteiger partial charge in [0.05, 0.1) is 0 Å². The zero-order chi connectivity index (χ0) is 27.3. The molecule has 1 saturated carbocycles. The van der Waals surface area contributed by atoms with E-state index in [9.17, 15) is 26.3 Å². The highest BCUT2D eigenvalue weighted by atomic mass is 19.4. The lowest BCUT2D eigenvalue weighted by Crippen LogP contribution is -2.19. The SMILES string of the molecule is CCCCCCC1CCC(CCC2=CCc3cc(-c4cc(F)c(OC(F)(F)F)c(F)c4)c(F)cc3C2)CC1. The molecule has 0 aromatic heterocycles. The van der Waals surface area contributed by atoms with Crippen molar-refractivity contribution in [3.05, 3.63) is 64.5 Å². The van der Waals surface area contributed by atoms with Crippen LogP contribution < -0.4 is 4.74 Å². The Hall–Kier alpha value is -2.44. The third-order valence-electron chi connectivity index (χ3n) is 8.15. The maximum atomic E-state index is 15.0. The molecule has 0 aliphatic heterocycles. The number of alkyl halides is 3. The number of halogens is 6. The van der Waals surface area contributed by atoms with Gasteiger partial charge in [-0.05, 0) is 78.5 Å². The van der Waals surface area contributed by atoms with Gasteiger partial charge >= 0.3 is 6.36 Å². The lowest BCUT2D eigenvalue weighted by molar-refractivity contribution is -0.276. The highest BCUT2D eigenvalue weighted by molar-refractivity contribution is 5.67. The Morgan fingerprint density at radius 2 is 1.45 bits per heavy atom. The van der Waals surface area contributed by atoms with E-state index in [-0.39, 0.29) is 11.1 Å². The first-order valence-corrected chi connectivity index (χ1v) is 13.9. The van der Waals surface area contributed by atoms with Gasteiger partial charge in [0.25, 0.3) is 0 Å². The molecule has 2 aliphatic carbocycles. The molecule has 7 heteroatoms. The molecule has 0 heterocycles. The Morgan fingerprint density at radius 3 is 2.08 bits per heavy atom. The Morgan fingerprint density at radius 1 is 0.789 bits per heavy atom. The molecule has 2 aliphatic rings. The lowest BCUT2D eigenvalue weighted by Gasteiger charge is -2.29. The highest BCUT2D eigenvalue weighted by Crippen LogP contribution is 2.38. The third kappa shape index (κ3) is 7.57. The van der Waals surface area contributed by atoms with Crippen molar-refractivity contribution in [2.75, 3.05) is 0 Å². The van der Waals surface area contributed by atoms with Crippen molar-refractivity contribution >= 4 is 0 Å². The van der Waals surface area contributed by atoms with E-state index in [1.807, 2.05) is 0 Å². The fourth-order valence-corrected chi connectivity index (χ4v) is 5.98. The van der Waals surface area contributed by atoms with E-state index in [1.54, 1.807) is 0 Å². The molecule has 0 spiro atoms. The molecule has 0 N–H and O–H groups in total. The molecule has 0 radical (unpaired) electrons. The van der Waals surface area contributed by atoms with Crippen LogP contribution in [-0.2, 0) is 12.8 Å². The largest absolute Gasteiger partial charge is 0.573 e. The summed E-state index contributed by atoms with van der Waals surface area (Å²) < 4.78 is 84.1. The molecule has 2 aromatic rings. The van der Waals surface area contributed by atoms with Crippen LogP contribution in [0.1, 0.15) is 88.7 Å². The molecule has 0 unspecified atom stereocenters. The van der Waals surface area contributed by atoms with Gasteiger partial charge in [0.1, 0.15) is 5.82 Å². The van der Waals surface area contributed by atoms with Crippen LogP contribution in [-0.4, -0.2) is 6.36 Å². The smallest absolute Gasteiger partial charge is 0.399 e. The second-order valence-electron chi connectivity index (χ2n) is 10.9. The molecule has 1 nitrogen and oxygen atoms in total. The van der Waals surface area contributed by atoms with E-state index in [1.165, 1.54) is 75.5 Å². The van der Waals surface area contributed by atoms with E-state index >= 15 is 0 Å². The monoisotopic (exact) mass is 538 g/mol.